The Labute approximate surface area is 119 Å². The van der Waals surface area contributed by atoms with E-state index in [2.05, 4.69) is 32.8 Å². The Morgan fingerprint density at radius 2 is 2.26 bits per heavy atom. The number of nitrogens with zero attached hydrogens (tertiary/aromatic N) is 3. The number of nitrogens with one attached hydrogen (secondary N) is 1. The molecule has 0 aliphatic heterocycles. The summed E-state index contributed by atoms with van der Waals surface area (Å²) in [6, 6.07) is 0. The van der Waals surface area contributed by atoms with Crippen molar-refractivity contribution < 1.29 is 9.84 Å². The molecule has 0 spiro atoms. The summed E-state index contributed by atoms with van der Waals surface area (Å²) in [7, 11) is 0. The maximum Gasteiger partial charge on any atom is 0.245 e. The van der Waals surface area contributed by atoms with E-state index in [-0.39, 0.29) is 6.61 Å². The molecule has 1 rings (SSSR count). The second kappa shape index (κ2) is 10.1. The minimum absolute atomic E-state index is 0.245. The SMILES string of the molecule is CCN(CC)CCCNCC(O)COc1cnsn1. The zero-order valence-electron chi connectivity index (χ0n) is 11.7. The van der Waals surface area contributed by atoms with Crippen molar-refractivity contribution in [1.29, 1.82) is 0 Å². The van der Waals surface area contributed by atoms with Crippen molar-refractivity contribution in [3.8, 4) is 5.88 Å². The van der Waals surface area contributed by atoms with Crippen LogP contribution in [-0.2, 0) is 0 Å². The standard InChI is InChI=1S/C12H24N4O2S/c1-3-16(4-2)7-5-6-13-8-11(17)10-18-12-9-14-19-15-12/h9,11,13,17H,3-8,10H2,1-2H3. The van der Waals surface area contributed by atoms with Crippen LogP contribution in [0.25, 0.3) is 0 Å². The topological polar surface area (TPSA) is 70.5 Å². The number of hydrogen-bond acceptors (Lipinski definition) is 7. The van der Waals surface area contributed by atoms with E-state index in [4.69, 9.17) is 4.74 Å². The van der Waals surface area contributed by atoms with Gasteiger partial charge in [-0.15, -0.1) is 4.37 Å². The first-order valence-corrected chi connectivity index (χ1v) is 7.50. The Morgan fingerprint density at radius 3 is 2.89 bits per heavy atom. The molecule has 0 bridgehead atoms. The van der Waals surface area contributed by atoms with E-state index in [9.17, 15) is 5.11 Å². The second-order valence-corrected chi connectivity index (χ2v) is 4.85. The van der Waals surface area contributed by atoms with E-state index in [0.717, 1.165) is 44.3 Å². The largest absolute Gasteiger partial charge is 0.473 e. The van der Waals surface area contributed by atoms with Gasteiger partial charge >= 0.3 is 0 Å². The second-order valence-electron chi connectivity index (χ2n) is 4.30. The molecule has 0 amide bonds. The van der Waals surface area contributed by atoms with Gasteiger partial charge in [0.15, 0.2) is 0 Å². The van der Waals surface area contributed by atoms with Crippen LogP contribution >= 0.6 is 11.7 Å². The number of rotatable bonds is 11. The molecule has 110 valence electrons. The summed E-state index contributed by atoms with van der Waals surface area (Å²) < 4.78 is 13.0. The molecule has 2 N–H and O–H groups in total. The fraction of sp³-hybridized carbons (Fsp3) is 0.833. The lowest BCUT2D eigenvalue weighted by Crippen LogP contribution is -2.33. The van der Waals surface area contributed by atoms with Gasteiger partial charge in [-0.1, -0.05) is 13.8 Å². The van der Waals surface area contributed by atoms with Gasteiger partial charge in [-0.25, -0.2) is 0 Å². The Hall–Kier alpha value is -0.760. The first-order valence-electron chi connectivity index (χ1n) is 6.77. The molecule has 0 aliphatic rings. The highest BCUT2D eigenvalue weighted by Gasteiger charge is 2.06. The zero-order valence-corrected chi connectivity index (χ0v) is 12.5. The Balaban J connectivity index is 1.96. The van der Waals surface area contributed by atoms with E-state index in [1.165, 1.54) is 0 Å². The van der Waals surface area contributed by atoms with Gasteiger partial charge in [0, 0.05) is 6.54 Å². The Bertz CT molecular complexity index is 307. The zero-order chi connectivity index (χ0) is 13.9. The van der Waals surface area contributed by atoms with Gasteiger partial charge in [-0.05, 0) is 32.6 Å². The van der Waals surface area contributed by atoms with Gasteiger partial charge in [-0.3, -0.25) is 0 Å². The average molecular weight is 288 g/mol. The van der Waals surface area contributed by atoms with E-state index >= 15 is 0 Å². The minimum atomic E-state index is -0.518. The highest BCUT2D eigenvalue weighted by atomic mass is 32.1. The van der Waals surface area contributed by atoms with Crippen LogP contribution in [0.3, 0.4) is 0 Å². The van der Waals surface area contributed by atoms with Gasteiger partial charge in [0.2, 0.25) is 5.88 Å². The van der Waals surface area contributed by atoms with Gasteiger partial charge < -0.3 is 20.1 Å². The molecule has 1 unspecified atom stereocenters. The van der Waals surface area contributed by atoms with Crippen molar-refractivity contribution >= 4 is 11.7 Å². The van der Waals surface area contributed by atoms with E-state index < -0.39 is 6.10 Å². The Morgan fingerprint density at radius 1 is 1.47 bits per heavy atom. The monoisotopic (exact) mass is 288 g/mol. The first kappa shape index (κ1) is 16.3. The maximum absolute atomic E-state index is 9.71. The van der Waals surface area contributed by atoms with Crippen LogP contribution in [0.4, 0.5) is 0 Å². The number of aromatic nitrogens is 2. The quantitative estimate of drug-likeness (QED) is 0.581. The molecule has 0 radical (unpaired) electrons. The van der Waals surface area contributed by atoms with Gasteiger partial charge in [-0.2, -0.15) is 4.37 Å². The molecular weight excluding hydrogens is 264 g/mol. The van der Waals surface area contributed by atoms with Crippen LogP contribution in [0.1, 0.15) is 20.3 Å². The molecule has 0 aromatic carbocycles. The van der Waals surface area contributed by atoms with E-state index in [1.807, 2.05) is 0 Å². The molecular formula is C12H24N4O2S. The summed E-state index contributed by atoms with van der Waals surface area (Å²) >= 11 is 1.10. The van der Waals surface area contributed by atoms with Crippen molar-refractivity contribution in [3.63, 3.8) is 0 Å². The number of aliphatic hydroxyl groups is 1. The molecule has 1 aromatic heterocycles. The molecule has 0 saturated carbocycles. The number of hydrogen-bond donors (Lipinski definition) is 2. The number of aliphatic hydroxyl groups excluding tert-OH is 1. The van der Waals surface area contributed by atoms with Crippen molar-refractivity contribution in [2.45, 2.75) is 26.4 Å². The van der Waals surface area contributed by atoms with Crippen molar-refractivity contribution in [2.75, 3.05) is 39.3 Å². The predicted molar refractivity (Wildman–Crippen MR) is 76.7 cm³/mol. The molecule has 0 aliphatic carbocycles. The Kier molecular flexibility index (Phi) is 8.64. The van der Waals surface area contributed by atoms with Crippen LogP contribution in [0.5, 0.6) is 5.88 Å². The van der Waals surface area contributed by atoms with Crippen molar-refractivity contribution in [3.05, 3.63) is 6.20 Å². The summed E-state index contributed by atoms with van der Waals surface area (Å²) in [6.07, 6.45) is 2.12. The summed E-state index contributed by atoms with van der Waals surface area (Å²) in [5, 5.41) is 12.9. The molecule has 7 heteroatoms. The van der Waals surface area contributed by atoms with Crippen LogP contribution < -0.4 is 10.1 Å². The predicted octanol–water partition coefficient (Wildman–Crippen LogP) is 0.599. The summed E-state index contributed by atoms with van der Waals surface area (Å²) in [5.41, 5.74) is 0. The van der Waals surface area contributed by atoms with Crippen LogP contribution in [0.2, 0.25) is 0 Å². The number of ether oxygens (including phenoxy) is 1. The van der Waals surface area contributed by atoms with Gasteiger partial charge in [0.05, 0.1) is 11.7 Å². The highest BCUT2D eigenvalue weighted by Crippen LogP contribution is 2.04. The fourth-order valence-corrected chi connectivity index (χ4v) is 2.06. The summed E-state index contributed by atoms with van der Waals surface area (Å²) in [6.45, 7) is 9.31. The lowest BCUT2D eigenvalue weighted by molar-refractivity contribution is 0.104. The normalized spacial score (nSPS) is 12.8. The molecule has 0 saturated heterocycles. The van der Waals surface area contributed by atoms with Crippen molar-refractivity contribution in [1.82, 2.24) is 19.0 Å². The molecule has 0 fully saturated rings. The third-order valence-corrected chi connectivity index (χ3v) is 3.33. The van der Waals surface area contributed by atoms with E-state index in [1.54, 1.807) is 6.20 Å². The lowest BCUT2D eigenvalue weighted by Gasteiger charge is -2.18. The third kappa shape index (κ3) is 7.41. The summed E-state index contributed by atoms with van der Waals surface area (Å²) in [4.78, 5) is 2.39. The fourth-order valence-electron chi connectivity index (χ4n) is 1.70. The molecule has 6 nitrogen and oxygen atoms in total. The molecule has 1 heterocycles. The maximum atomic E-state index is 9.71. The van der Waals surface area contributed by atoms with Crippen LogP contribution in [-0.4, -0.2) is 64.2 Å². The molecule has 1 aromatic rings. The molecule has 1 atom stereocenters. The minimum Gasteiger partial charge on any atom is -0.473 e. The lowest BCUT2D eigenvalue weighted by atomic mass is 10.3. The summed E-state index contributed by atoms with van der Waals surface area (Å²) in [5.74, 6) is 0.477. The third-order valence-electron chi connectivity index (χ3n) is 2.87. The van der Waals surface area contributed by atoms with Crippen LogP contribution in [0, 0.1) is 0 Å². The molecule has 19 heavy (non-hydrogen) atoms. The smallest absolute Gasteiger partial charge is 0.245 e. The highest BCUT2D eigenvalue weighted by molar-refractivity contribution is 6.99. The van der Waals surface area contributed by atoms with Crippen molar-refractivity contribution in [2.24, 2.45) is 0 Å². The van der Waals surface area contributed by atoms with Gasteiger partial charge in [0.25, 0.3) is 0 Å². The van der Waals surface area contributed by atoms with E-state index in [0.29, 0.717) is 12.4 Å². The van der Waals surface area contributed by atoms with Crippen LogP contribution in [0.15, 0.2) is 6.20 Å². The van der Waals surface area contributed by atoms with Gasteiger partial charge in [0.1, 0.15) is 18.9 Å². The first-order chi connectivity index (χ1) is 9.26. The average Bonchev–Trinajstić information content (AvgIpc) is 2.94.